The van der Waals surface area contributed by atoms with Crippen LogP contribution in [0.4, 0.5) is 0 Å². The van der Waals surface area contributed by atoms with Gasteiger partial charge >= 0.3 is 5.97 Å². The van der Waals surface area contributed by atoms with Crippen LogP contribution in [-0.2, 0) is 4.74 Å². The third kappa shape index (κ3) is 2.93. The molecule has 0 unspecified atom stereocenters. The zero-order valence-electron chi connectivity index (χ0n) is 12.0. The average molecular weight is 331 g/mol. The van der Waals surface area contributed by atoms with Gasteiger partial charge in [0.1, 0.15) is 10.6 Å². The summed E-state index contributed by atoms with van der Waals surface area (Å²) in [4.78, 5) is 18.6. The molecule has 3 rings (SSSR count). The molecule has 3 aromatic rings. The van der Waals surface area contributed by atoms with Gasteiger partial charge in [-0.3, -0.25) is 4.98 Å². The number of carbonyl (C=O) groups excluding carboxylic acids is 1. The monoisotopic (exact) mass is 331 g/mol. The number of aromatic nitrogens is 1. The number of ether oxygens (including phenoxy) is 2. The number of carbonyl (C=O) groups is 1. The average Bonchev–Trinajstić information content (AvgIpc) is 3.00. The van der Waals surface area contributed by atoms with Crippen molar-refractivity contribution in [1.82, 2.24) is 4.98 Å². The van der Waals surface area contributed by atoms with Gasteiger partial charge in [0.05, 0.1) is 18.9 Å². The van der Waals surface area contributed by atoms with Gasteiger partial charge in [0.25, 0.3) is 0 Å². The van der Waals surface area contributed by atoms with Crippen LogP contribution < -0.4 is 4.74 Å². The fourth-order valence-electron chi connectivity index (χ4n) is 1.99. The Hall–Kier alpha value is -2.05. The number of fused-ring (bicyclic) bond motifs is 1. The van der Waals surface area contributed by atoms with Crippen LogP contribution in [0.3, 0.4) is 0 Å². The summed E-state index contributed by atoms with van der Waals surface area (Å²) in [5.74, 6) is 0.505. The largest absolute Gasteiger partial charge is 0.497 e. The number of esters is 1. The third-order valence-corrected chi connectivity index (χ3v) is 5.19. The van der Waals surface area contributed by atoms with E-state index in [9.17, 15) is 4.79 Å². The normalized spacial score (nSPS) is 10.6. The molecule has 0 fully saturated rings. The van der Waals surface area contributed by atoms with Crippen molar-refractivity contribution < 1.29 is 14.3 Å². The van der Waals surface area contributed by atoms with Gasteiger partial charge < -0.3 is 9.47 Å². The molecule has 2 aromatic heterocycles. The van der Waals surface area contributed by atoms with Gasteiger partial charge in [-0.2, -0.15) is 0 Å². The highest BCUT2D eigenvalue weighted by Gasteiger charge is 2.13. The molecule has 112 valence electrons. The van der Waals surface area contributed by atoms with Gasteiger partial charge in [-0.25, -0.2) is 4.79 Å². The first-order valence-electron chi connectivity index (χ1n) is 6.49. The van der Waals surface area contributed by atoms with E-state index in [2.05, 4.69) is 4.98 Å². The standard InChI is InChI=1S/C16H13NO3S2/c1-19-10-3-5-11(6-4-10)21-14-8-17-9-15-12(14)7-13(22-15)16(18)20-2/h3-9H,1-2H3. The lowest BCUT2D eigenvalue weighted by molar-refractivity contribution is 0.0606. The first kappa shape index (κ1) is 14.9. The molecule has 6 heteroatoms. The SMILES string of the molecule is COC(=O)c1cc2c(Sc3ccc(OC)cc3)cncc2s1. The second-order valence-corrected chi connectivity index (χ2v) is 6.63. The summed E-state index contributed by atoms with van der Waals surface area (Å²) >= 11 is 3.00. The first-order valence-corrected chi connectivity index (χ1v) is 8.12. The van der Waals surface area contributed by atoms with Crippen LogP contribution in [0.1, 0.15) is 9.67 Å². The van der Waals surface area contributed by atoms with Gasteiger partial charge in [-0.05, 0) is 30.3 Å². The number of hydrogen-bond acceptors (Lipinski definition) is 6. The number of methoxy groups -OCH3 is 2. The van der Waals surface area contributed by atoms with Crippen LogP contribution >= 0.6 is 23.1 Å². The lowest BCUT2D eigenvalue weighted by Gasteiger charge is -2.04. The first-order chi connectivity index (χ1) is 10.7. The van der Waals surface area contributed by atoms with Crippen LogP contribution in [0.2, 0.25) is 0 Å². The van der Waals surface area contributed by atoms with Crippen molar-refractivity contribution >= 4 is 39.2 Å². The van der Waals surface area contributed by atoms with Gasteiger partial charge in [0.2, 0.25) is 0 Å². The molecule has 4 nitrogen and oxygen atoms in total. The van der Waals surface area contributed by atoms with Crippen molar-refractivity contribution in [2.24, 2.45) is 0 Å². The fourth-order valence-corrected chi connectivity index (χ4v) is 3.94. The summed E-state index contributed by atoms with van der Waals surface area (Å²) in [5, 5.41) is 1.02. The van der Waals surface area contributed by atoms with Crippen LogP contribution in [0.25, 0.3) is 10.1 Å². The van der Waals surface area contributed by atoms with Gasteiger partial charge in [0, 0.05) is 27.6 Å². The van der Waals surface area contributed by atoms with E-state index in [1.807, 2.05) is 36.5 Å². The summed E-state index contributed by atoms with van der Waals surface area (Å²) in [6, 6.07) is 9.69. The van der Waals surface area contributed by atoms with Crippen LogP contribution in [-0.4, -0.2) is 25.2 Å². The molecule has 0 radical (unpaired) electrons. The number of benzene rings is 1. The van der Waals surface area contributed by atoms with E-state index in [0.717, 1.165) is 25.6 Å². The Balaban J connectivity index is 1.95. The Morgan fingerprint density at radius 1 is 1.18 bits per heavy atom. The third-order valence-electron chi connectivity index (χ3n) is 3.08. The summed E-state index contributed by atoms with van der Waals surface area (Å²) in [6.07, 6.45) is 3.58. The van der Waals surface area contributed by atoms with Crippen molar-refractivity contribution in [1.29, 1.82) is 0 Å². The Bertz CT molecular complexity index is 812. The molecule has 0 aliphatic carbocycles. The maximum absolute atomic E-state index is 11.7. The lowest BCUT2D eigenvalue weighted by Crippen LogP contribution is -1.96. The topological polar surface area (TPSA) is 48.4 Å². The quantitative estimate of drug-likeness (QED) is 0.669. The smallest absolute Gasteiger partial charge is 0.348 e. The number of pyridine rings is 1. The maximum atomic E-state index is 11.7. The highest BCUT2D eigenvalue weighted by molar-refractivity contribution is 7.99. The van der Waals surface area contributed by atoms with Crippen LogP contribution in [0, 0.1) is 0 Å². The molecule has 0 saturated heterocycles. The Labute approximate surface area is 136 Å². The summed E-state index contributed by atoms with van der Waals surface area (Å²) < 4.78 is 10.9. The summed E-state index contributed by atoms with van der Waals surface area (Å²) in [6.45, 7) is 0. The zero-order valence-corrected chi connectivity index (χ0v) is 13.7. The predicted molar refractivity (Wildman–Crippen MR) is 88.1 cm³/mol. The van der Waals surface area contributed by atoms with E-state index in [1.165, 1.54) is 18.4 Å². The molecule has 0 bridgehead atoms. The van der Waals surface area contributed by atoms with E-state index in [4.69, 9.17) is 9.47 Å². The highest BCUT2D eigenvalue weighted by Crippen LogP contribution is 2.37. The number of rotatable bonds is 4. The van der Waals surface area contributed by atoms with Crippen molar-refractivity contribution in [3.8, 4) is 5.75 Å². The van der Waals surface area contributed by atoms with Crippen molar-refractivity contribution in [2.45, 2.75) is 9.79 Å². The summed E-state index contributed by atoms with van der Waals surface area (Å²) in [5.41, 5.74) is 0. The van der Waals surface area contributed by atoms with Gasteiger partial charge in [-0.1, -0.05) is 11.8 Å². The second kappa shape index (κ2) is 6.37. The highest BCUT2D eigenvalue weighted by atomic mass is 32.2. The Kier molecular flexibility index (Phi) is 4.31. The fraction of sp³-hybridized carbons (Fsp3) is 0.125. The van der Waals surface area contributed by atoms with E-state index in [1.54, 1.807) is 25.1 Å². The van der Waals surface area contributed by atoms with E-state index in [-0.39, 0.29) is 5.97 Å². The Morgan fingerprint density at radius 3 is 2.64 bits per heavy atom. The van der Waals surface area contributed by atoms with Crippen LogP contribution in [0.5, 0.6) is 5.75 Å². The molecule has 0 saturated carbocycles. The van der Waals surface area contributed by atoms with Crippen molar-refractivity contribution in [2.75, 3.05) is 14.2 Å². The van der Waals surface area contributed by atoms with Gasteiger partial charge in [0.15, 0.2) is 0 Å². The summed E-state index contributed by atoms with van der Waals surface area (Å²) in [7, 11) is 3.03. The minimum Gasteiger partial charge on any atom is -0.497 e. The van der Waals surface area contributed by atoms with Crippen LogP contribution in [0.15, 0.2) is 52.5 Å². The van der Waals surface area contributed by atoms with E-state index >= 15 is 0 Å². The minimum atomic E-state index is -0.318. The molecule has 0 amide bonds. The molecule has 0 atom stereocenters. The minimum absolute atomic E-state index is 0.318. The molecular weight excluding hydrogens is 318 g/mol. The van der Waals surface area contributed by atoms with Gasteiger partial charge in [-0.15, -0.1) is 11.3 Å². The Morgan fingerprint density at radius 2 is 1.95 bits per heavy atom. The molecule has 0 aliphatic heterocycles. The predicted octanol–water partition coefficient (Wildman–Crippen LogP) is 4.24. The lowest BCUT2D eigenvalue weighted by atomic mass is 10.3. The maximum Gasteiger partial charge on any atom is 0.348 e. The molecular formula is C16H13NO3S2. The number of nitrogens with zero attached hydrogens (tertiary/aromatic N) is 1. The molecule has 0 spiro atoms. The van der Waals surface area contributed by atoms with Crippen molar-refractivity contribution in [3.63, 3.8) is 0 Å². The number of hydrogen-bond donors (Lipinski definition) is 0. The molecule has 0 N–H and O–H groups in total. The van der Waals surface area contributed by atoms with E-state index < -0.39 is 0 Å². The molecule has 0 aliphatic rings. The molecule has 1 aromatic carbocycles. The zero-order chi connectivity index (χ0) is 15.5. The van der Waals surface area contributed by atoms with E-state index in [0.29, 0.717) is 4.88 Å². The van der Waals surface area contributed by atoms with Crippen molar-refractivity contribution in [3.05, 3.63) is 47.6 Å². The molecule has 2 heterocycles. The number of thiophene rings is 1. The second-order valence-electron chi connectivity index (χ2n) is 4.43. The molecule has 22 heavy (non-hydrogen) atoms.